The van der Waals surface area contributed by atoms with Gasteiger partial charge in [0.25, 0.3) is 0 Å². The molecule has 7 heteroatoms. The van der Waals surface area contributed by atoms with E-state index in [9.17, 15) is 0 Å². The molecule has 2 aromatic heterocycles. The fourth-order valence-corrected chi connectivity index (χ4v) is 4.46. The van der Waals surface area contributed by atoms with Crippen molar-refractivity contribution in [1.29, 1.82) is 0 Å². The number of furan rings is 1. The first-order valence-electron chi connectivity index (χ1n) is 9.74. The molecule has 1 aromatic carbocycles. The van der Waals surface area contributed by atoms with Crippen LogP contribution in [0.1, 0.15) is 38.1 Å². The molecule has 0 saturated heterocycles. The Morgan fingerprint density at radius 1 is 1.07 bits per heavy atom. The highest BCUT2D eigenvalue weighted by atomic mass is 32.2. The maximum atomic E-state index is 5.89. The van der Waals surface area contributed by atoms with Crippen LogP contribution in [-0.2, 0) is 0 Å². The summed E-state index contributed by atoms with van der Waals surface area (Å²) in [5, 5.41) is 9.83. The van der Waals surface area contributed by atoms with E-state index in [1.165, 1.54) is 19.3 Å². The molecular formula is C21H25N3O3S. The average molecular weight is 400 g/mol. The molecule has 28 heavy (non-hydrogen) atoms. The van der Waals surface area contributed by atoms with Crippen LogP contribution in [0.25, 0.3) is 11.6 Å². The van der Waals surface area contributed by atoms with Crippen molar-refractivity contribution in [3.63, 3.8) is 0 Å². The van der Waals surface area contributed by atoms with E-state index in [2.05, 4.69) is 14.8 Å². The molecule has 1 aliphatic carbocycles. The van der Waals surface area contributed by atoms with Gasteiger partial charge in [-0.05, 0) is 37.1 Å². The number of thioether (sulfide) groups is 1. The Kier molecular flexibility index (Phi) is 6.21. The van der Waals surface area contributed by atoms with E-state index in [0.29, 0.717) is 12.6 Å². The number of methoxy groups -OCH3 is 1. The van der Waals surface area contributed by atoms with Crippen LogP contribution in [0.5, 0.6) is 11.5 Å². The fraction of sp³-hybridized carbons (Fsp3) is 0.429. The normalized spacial score (nSPS) is 14.9. The molecule has 1 aliphatic rings. The highest BCUT2D eigenvalue weighted by Gasteiger charge is 2.24. The maximum absolute atomic E-state index is 5.89. The summed E-state index contributed by atoms with van der Waals surface area (Å²) in [6.07, 6.45) is 7.82. The number of ether oxygens (including phenoxy) is 2. The number of hydrogen-bond acceptors (Lipinski definition) is 6. The molecule has 0 atom stereocenters. The van der Waals surface area contributed by atoms with Gasteiger partial charge in [-0.15, -0.1) is 10.2 Å². The van der Waals surface area contributed by atoms with E-state index in [4.69, 9.17) is 13.9 Å². The Labute approximate surface area is 169 Å². The highest BCUT2D eigenvalue weighted by molar-refractivity contribution is 7.99. The van der Waals surface area contributed by atoms with Crippen molar-refractivity contribution in [2.45, 2.75) is 43.3 Å². The third-order valence-corrected chi connectivity index (χ3v) is 5.89. The summed E-state index contributed by atoms with van der Waals surface area (Å²) in [4.78, 5) is 0. The van der Waals surface area contributed by atoms with Crippen molar-refractivity contribution >= 4 is 11.8 Å². The van der Waals surface area contributed by atoms with Crippen LogP contribution in [0.4, 0.5) is 0 Å². The number of rotatable bonds is 8. The molecular weight excluding hydrogens is 374 g/mol. The fourth-order valence-electron chi connectivity index (χ4n) is 3.64. The van der Waals surface area contributed by atoms with Crippen LogP contribution in [0.2, 0.25) is 0 Å². The summed E-state index contributed by atoms with van der Waals surface area (Å²) in [5.74, 6) is 3.88. The monoisotopic (exact) mass is 399 g/mol. The lowest BCUT2D eigenvalue weighted by Crippen LogP contribution is -2.15. The van der Waals surface area contributed by atoms with Gasteiger partial charge in [-0.3, -0.25) is 4.57 Å². The van der Waals surface area contributed by atoms with Gasteiger partial charge in [0.05, 0.1) is 20.0 Å². The lowest BCUT2D eigenvalue weighted by Gasteiger charge is -2.25. The molecule has 0 amide bonds. The van der Waals surface area contributed by atoms with E-state index in [1.54, 1.807) is 25.1 Å². The Morgan fingerprint density at radius 3 is 2.64 bits per heavy atom. The van der Waals surface area contributed by atoms with Crippen molar-refractivity contribution in [2.75, 3.05) is 19.5 Å². The molecule has 0 radical (unpaired) electrons. The van der Waals surface area contributed by atoms with Gasteiger partial charge in [-0.2, -0.15) is 0 Å². The van der Waals surface area contributed by atoms with Crippen LogP contribution in [-0.4, -0.2) is 34.2 Å². The van der Waals surface area contributed by atoms with Crippen molar-refractivity contribution < 1.29 is 13.9 Å². The predicted octanol–water partition coefficient (Wildman–Crippen LogP) is 5.22. The number of benzene rings is 1. The zero-order valence-electron chi connectivity index (χ0n) is 16.0. The Morgan fingerprint density at radius 2 is 1.89 bits per heavy atom. The summed E-state index contributed by atoms with van der Waals surface area (Å²) >= 11 is 1.67. The summed E-state index contributed by atoms with van der Waals surface area (Å²) in [5.41, 5.74) is 0. The van der Waals surface area contributed by atoms with Gasteiger partial charge in [-0.25, -0.2) is 0 Å². The van der Waals surface area contributed by atoms with Crippen LogP contribution >= 0.6 is 11.8 Å². The van der Waals surface area contributed by atoms with Crippen LogP contribution in [0.15, 0.2) is 52.2 Å². The Balaban J connectivity index is 1.45. The topological polar surface area (TPSA) is 62.3 Å². The van der Waals surface area contributed by atoms with E-state index in [-0.39, 0.29) is 0 Å². The smallest absolute Gasteiger partial charge is 0.200 e. The summed E-state index contributed by atoms with van der Waals surface area (Å²) < 4.78 is 19.1. The van der Waals surface area contributed by atoms with Crippen molar-refractivity contribution in [1.82, 2.24) is 14.8 Å². The second kappa shape index (κ2) is 9.19. The van der Waals surface area contributed by atoms with Crippen molar-refractivity contribution in [2.24, 2.45) is 0 Å². The predicted molar refractivity (Wildman–Crippen MR) is 109 cm³/mol. The second-order valence-corrected chi connectivity index (χ2v) is 7.86. The number of nitrogens with zero attached hydrogens (tertiary/aromatic N) is 3. The number of hydrogen-bond donors (Lipinski definition) is 0. The van der Waals surface area contributed by atoms with Gasteiger partial charge < -0.3 is 13.9 Å². The van der Waals surface area contributed by atoms with Crippen LogP contribution in [0, 0.1) is 0 Å². The zero-order valence-corrected chi connectivity index (χ0v) is 16.9. The molecule has 0 bridgehead atoms. The van der Waals surface area contributed by atoms with Gasteiger partial charge in [0, 0.05) is 11.8 Å². The van der Waals surface area contributed by atoms with Gasteiger partial charge in [-0.1, -0.05) is 43.2 Å². The molecule has 4 rings (SSSR count). The molecule has 1 saturated carbocycles. The van der Waals surface area contributed by atoms with Gasteiger partial charge in [0.15, 0.2) is 22.4 Å². The lowest BCUT2D eigenvalue weighted by atomic mass is 9.95. The lowest BCUT2D eigenvalue weighted by molar-refractivity contribution is 0.313. The minimum Gasteiger partial charge on any atom is -0.493 e. The van der Waals surface area contributed by atoms with E-state index >= 15 is 0 Å². The SMILES string of the molecule is COc1ccccc1OCCSc1nnc(-c2ccco2)n1C1CCCCC1. The van der Waals surface area contributed by atoms with E-state index in [0.717, 1.165) is 46.8 Å². The molecule has 148 valence electrons. The molecule has 3 aromatic rings. The summed E-state index contributed by atoms with van der Waals surface area (Å²) in [6, 6.07) is 12.0. The Hall–Kier alpha value is -2.41. The highest BCUT2D eigenvalue weighted by Crippen LogP contribution is 2.35. The van der Waals surface area contributed by atoms with E-state index < -0.39 is 0 Å². The third kappa shape index (κ3) is 4.19. The largest absolute Gasteiger partial charge is 0.493 e. The molecule has 0 spiro atoms. The first-order chi connectivity index (χ1) is 13.9. The molecule has 6 nitrogen and oxygen atoms in total. The first kappa shape index (κ1) is 18.9. The molecule has 0 aliphatic heterocycles. The standard InChI is InChI=1S/C21H25N3O3S/c1-25-17-10-5-6-11-18(17)27-14-15-28-21-23-22-20(19-12-7-13-26-19)24(21)16-8-3-2-4-9-16/h5-7,10-13,16H,2-4,8-9,14-15H2,1H3. The van der Waals surface area contributed by atoms with Gasteiger partial charge in [0.1, 0.15) is 0 Å². The minimum atomic E-state index is 0.432. The number of aromatic nitrogens is 3. The van der Waals surface area contributed by atoms with Crippen LogP contribution in [0.3, 0.4) is 0 Å². The second-order valence-electron chi connectivity index (χ2n) is 6.79. The quantitative estimate of drug-likeness (QED) is 0.382. The van der Waals surface area contributed by atoms with Crippen molar-refractivity contribution in [3.8, 4) is 23.1 Å². The first-order valence-corrected chi connectivity index (χ1v) is 10.7. The molecule has 0 unspecified atom stereocenters. The summed E-state index contributed by atoms with van der Waals surface area (Å²) in [6.45, 7) is 0.568. The van der Waals surface area contributed by atoms with Crippen LogP contribution < -0.4 is 9.47 Å². The van der Waals surface area contributed by atoms with Gasteiger partial charge >= 0.3 is 0 Å². The Bertz CT molecular complexity index is 873. The molecule has 0 N–H and O–H groups in total. The maximum Gasteiger partial charge on any atom is 0.200 e. The van der Waals surface area contributed by atoms with E-state index in [1.807, 2.05) is 36.4 Å². The minimum absolute atomic E-state index is 0.432. The molecule has 1 fully saturated rings. The van der Waals surface area contributed by atoms with Crippen molar-refractivity contribution in [3.05, 3.63) is 42.7 Å². The average Bonchev–Trinajstić information content (AvgIpc) is 3.42. The summed E-state index contributed by atoms with van der Waals surface area (Å²) in [7, 11) is 1.65. The molecule has 2 heterocycles. The third-order valence-electron chi connectivity index (χ3n) is 4.99. The zero-order chi connectivity index (χ0) is 19.2. The van der Waals surface area contributed by atoms with Gasteiger partial charge in [0.2, 0.25) is 5.82 Å². The number of para-hydroxylation sites is 2.